The molecule has 7 heteroatoms. The van der Waals surface area contributed by atoms with E-state index in [0.29, 0.717) is 19.0 Å². The second-order valence-electron chi connectivity index (χ2n) is 8.21. The van der Waals surface area contributed by atoms with Crippen LogP contribution in [0.15, 0.2) is 24.3 Å². The molecule has 0 bridgehead atoms. The van der Waals surface area contributed by atoms with Crippen molar-refractivity contribution in [2.24, 2.45) is 5.92 Å². The van der Waals surface area contributed by atoms with Crippen molar-refractivity contribution in [1.29, 1.82) is 0 Å². The molecule has 0 spiro atoms. The fraction of sp³-hybridized carbons (Fsp3) is 0.650. The molecule has 0 radical (unpaired) electrons. The molecule has 150 valence electrons. The van der Waals surface area contributed by atoms with E-state index in [1.54, 1.807) is 17.0 Å². The molecule has 0 N–H and O–H groups in total. The molecule has 1 amide bonds. The van der Waals surface area contributed by atoms with Gasteiger partial charge in [-0.3, -0.25) is 10.1 Å². The first-order valence-electron chi connectivity index (χ1n) is 9.52. The van der Waals surface area contributed by atoms with Crippen molar-refractivity contribution in [2.75, 3.05) is 13.1 Å². The largest absolute Gasteiger partial charge is 0.444 e. The second-order valence-corrected chi connectivity index (χ2v) is 8.73. The number of nitro benzene ring substituents is 1. The summed E-state index contributed by atoms with van der Waals surface area (Å²) in [7, 11) is 0. The number of amides is 1. The van der Waals surface area contributed by atoms with E-state index in [1.165, 1.54) is 31.4 Å². The lowest BCUT2D eigenvalue weighted by Crippen LogP contribution is -2.41. The monoisotopic (exact) mass is 396 g/mol. The molecule has 0 heterocycles. The van der Waals surface area contributed by atoms with E-state index in [1.807, 2.05) is 20.8 Å². The predicted molar refractivity (Wildman–Crippen MR) is 106 cm³/mol. The van der Waals surface area contributed by atoms with Crippen molar-refractivity contribution in [1.82, 2.24) is 4.90 Å². The number of nitrogens with zero attached hydrogens (tertiary/aromatic N) is 2. The third-order valence-corrected chi connectivity index (χ3v) is 5.09. The van der Waals surface area contributed by atoms with Gasteiger partial charge in [-0.1, -0.05) is 31.4 Å². The van der Waals surface area contributed by atoms with Gasteiger partial charge in [-0.15, -0.1) is 11.6 Å². The molecule has 1 saturated carbocycles. The van der Waals surface area contributed by atoms with Crippen LogP contribution in [0, 0.1) is 16.0 Å². The van der Waals surface area contributed by atoms with E-state index in [9.17, 15) is 14.9 Å². The van der Waals surface area contributed by atoms with Crippen molar-refractivity contribution >= 4 is 23.4 Å². The van der Waals surface area contributed by atoms with Crippen LogP contribution in [0.3, 0.4) is 0 Å². The van der Waals surface area contributed by atoms with Crippen molar-refractivity contribution in [3.05, 3.63) is 39.9 Å². The fourth-order valence-corrected chi connectivity index (χ4v) is 3.65. The van der Waals surface area contributed by atoms with Gasteiger partial charge in [0.2, 0.25) is 0 Å². The summed E-state index contributed by atoms with van der Waals surface area (Å²) < 4.78 is 5.57. The van der Waals surface area contributed by atoms with E-state index in [-0.39, 0.29) is 11.8 Å². The van der Waals surface area contributed by atoms with Crippen LogP contribution in [0.4, 0.5) is 10.5 Å². The maximum absolute atomic E-state index is 12.7. The normalized spacial score (nSPS) is 16.6. The van der Waals surface area contributed by atoms with E-state index in [0.717, 1.165) is 18.4 Å². The van der Waals surface area contributed by atoms with Crippen LogP contribution in [-0.2, 0) is 4.74 Å². The van der Waals surface area contributed by atoms with Gasteiger partial charge in [0, 0.05) is 25.2 Å². The van der Waals surface area contributed by atoms with Gasteiger partial charge in [-0.2, -0.15) is 0 Å². The van der Waals surface area contributed by atoms with Gasteiger partial charge in [-0.25, -0.2) is 4.79 Å². The van der Waals surface area contributed by atoms with Crippen LogP contribution in [0.2, 0.25) is 0 Å². The number of ether oxygens (including phenoxy) is 1. The smallest absolute Gasteiger partial charge is 0.410 e. The number of alkyl halides is 1. The quantitative estimate of drug-likeness (QED) is 0.351. The third-order valence-electron chi connectivity index (χ3n) is 4.70. The molecule has 1 aliphatic rings. The minimum atomic E-state index is -0.572. The Balaban J connectivity index is 2.08. The van der Waals surface area contributed by atoms with Gasteiger partial charge >= 0.3 is 6.09 Å². The van der Waals surface area contributed by atoms with Crippen molar-refractivity contribution in [3.8, 4) is 0 Å². The van der Waals surface area contributed by atoms with Crippen molar-refractivity contribution < 1.29 is 14.5 Å². The summed E-state index contributed by atoms with van der Waals surface area (Å²) in [5.74, 6) is 0.465. The number of benzene rings is 1. The molecule has 1 aliphatic carbocycles. The highest BCUT2D eigenvalue weighted by Gasteiger charge is 2.27. The van der Waals surface area contributed by atoms with Crippen LogP contribution >= 0.6 is 11.6 Å². The molecule has 1 aromatic rings. The molecule has 0 aromatic heterocycles. The summed E-state index contributed by atoms with van der Waals surface area (Å²) in [6.07, 6.45) is 5.51. The van der Waals surface area contributed by atoms with Gasteiger partial charge in [-0.05, 0) is 45.1 Å². The maximum Gasteiger partial charge on any atom is 0.410 e. The zero-order chi connectivity index (χ0) is 20.0. The van der Waals surface area contributed by atoms with Crippen molar-refractivity contribution in [3.63, 3.8) is 0 Å². The number of rotatable bonds is 6. The lowest BCUT2D eigenvalue weighted by Gasteiger charge is -2.32. The molecular weight excluding hydrogens is 368 g/mol. The van der Waals surface area contributed by atoms with E-state index in [4.69, 9.17) is 16.3 Å². The Morgan fingerprint density at radius 2 is 1.85 bits per heavy atom. The molecule has 1 atom stereocenters. The molecule has 1 fully saturated rings. The summed E-state index contributed by atoms with van der Waals surface area (Å²) in [6.45, 7) is 6.48. The second kappa shape index (κ2) is 9.40. The van der Waals surface area contributed by atoms with Crippen molar-refractivity contribution in [2.45, 2.75) is 63.9 Å². The zero-order valence-electron chi connectivity index (χ0n) is 16.3. The van der Waals surface area contributed by atoms with Gasteiger partial charge < -0.3 is 9.64 Å². The number of carbonyl (C=O) groups excluding carboxylic acids is 1. The molecule has 6 nitrogen and oxygen atoms in total. The minimum Gasteiger partial charge on any atom is -0.444 e. The first kappa shape index (κ1) is 21.5. The Bertz CT molecular complexity index is 636. The topological polar surface area (TPSA) is 72.7 Å². The Labute approximate surface area is 166 Å². The lowest BCUT2D eigenvalue weighted by atomic mass is 9.89. The lowest BCUT2D eigenvalue weighted by molar-refractivity contribution is -0.384. The first-order valence-corrected chi connectivity index (χ1v) is 9.95. The SMILES string of the molecule is CC(C)(C)OC(=O)N(CC1CCCCC1)CC(Cl)c1ccc([N+](=O)[O-])cc1. The van der Waals surface area contributed by atoms with Crippen LogP contribution in [-0.4, -0.2) is 34.6 Å². The molecule has 2 rings (SSSR count). The molecule has 0 aliphatic heterocycles. The highest BCUT2D eigenvalue weighted by molar-refractivity contribution is 6.21. The molecule has 0 saturated heterocycles. The number of hydrogen-bond donors (Lipinski definition) is 0. The number of non-ortho nitro benzene ring substituents is 1. The Kier molecular flexibility index (Phi) is 7.48. The Morgan fingerprint density at radius 3 is 2.37 bits per heavy atom. The molecule has 1 aromatic carbocycles. The molecule has 1 unspecified atom stereocenters. The van der Waals surface area contributed by atoms with Gasteiger partial charge in [0.15, 0.2) is 0 Å². The fourth-order valence-electron chi connectivity index (χ4n) is 3.34. The van der Waals surface area contributed by atoms with E-state index >= 15 is 0 Å². The number of hydrogen-bond acceptors (Lipinski definition) is 4. The molecule has 27 heavy (non-hydrogen) atoms. The van der Waals surface area contributed by atoms with Gasteiger partial charge in [0.05, 0.1) is 10.3 Å². The highest BCUT2D eigenvalue weighted by Crippen LogP contribution is 2.28. The average Bonchev–Trinajstić information content (AvgIpc) is 2.60. The van der Waals surface area contributed by atoms with Crippen LogP contribution in [0.5, 0.6) is 0 Å². The van der Waals surface area contributed by atoms with E-state index < -0.39 is 15.9 Å². The first-order chi connectivity index (χ1) is 12.7. The Morgan fingerprint density at radius 1 is 1.26 bits per heavy atom. The molecular formula is C20H29ClN2O4. The van der Waals surface area contributed by atoms with Gasteiger partial charge in [0.25, 0.3) is 5.69 Å². The Hall–Kier alpha value is -1.82. The summed E-state index contributed by atoms with van der Waals surface area (Å²) in [5, 5.41) is 10.3. The summed E-state index contributed by atoms with van der Waals surface area (Å²) in [5.41, 5.74) is 0.199. The number of carbonyl (C=O) groups is 1. The average molecular weight is 397 g/mol. The zero-order valence-corrected chi connectivity index (χ0v) is 17.1. The highest BCUT2D eigenvalue weighted by atomic mass is 35.5. The number of nitro groups is 1. The van der Waals surface area contributed by atoms with E-state index in [2.05, 4.69) is 0 Å². The predicted octanol–water partition coefficient (Wildman–Crippen LogP) is 5.69. The van der Waals surface area contributed by atoms with Crippen LogP contribution in [0.25, 0.3) is 0 Å². The standard InChI is InChI=1S/C20H29ClN2O4/c1-20(2,3)27-19(24)22(13-15-7-5-4-6-8-15)14-18(21)16-9-11-17(12-10-16)23(25)26/h9-12,15,18H,4-8,13-14H2,1-3H3. The summed E-state index contributed by atoms with van der Waals surface area (Å²) in [4.78, 5) is 24.8. The van der Waals surface area contributed by atoms with Crippen LogP contribution in [0.1, 0.15) is 63.8 Å². The third kappa shape index (κ3) is 7.01. The maximum atomic E-state index is 12.7. The summed E-state index contributed by atoms with van der Waals surface area (Å²) >= 11 is 6.55. The summed E-state index contributed by atoms with van der Waals surface area (Å²) in [6, 6.07) is 6.15. The number of halogens is 1. The van der Waals surface area contributed by atoms with Gasteiger partial charge in [0.1, 0.15) is 5.60 Å². The minimum absolute atomic E-state index is 0.0221. The van der Waals surface area contributed by atoms with Crippen LogP contribution < -0.4 is 0 Å².